The monoisotopic (exact) mass is 618 g/mol. The molecule has 8 heteroatoms. The van der Waals surface area contributed by atoms with E-state index >= 15 is 0 Å². The van der Waals surface area contributed by atoms with E-state index in [0.29, 0.717) is 33.9 Å². The number of halogens is 1. The van der Waals surface area contributed by atoms with E-state index in [1.165, 1.54) is 0 Å². The molecule has 1 spiro atoms. The molecule has 206 valence electrons. The summed E-state index contributed by atoms with van der Waals surface area (Å²) >= 11 is 3.46. The average molecular weight is 619 g/mol. The number of para-hydroxylation sites is 2. The lowest BCUT2D eigenvalue weighted by molar-refractivity contribution is -0.121. The number of anilines is 2. The van der Waals surface area contributed by atoms with Gasteiger partial charge < -0.3 is 19.7 Å². The fourth-order valence-corrected chi connectivity index (χ4v) is 7.40. The maximum absolute atomic E-state index is 14.8. The van der Waals surface area contributed by atoms with Gasteiger partial charge in [-0.15, -0.1) is 0 Å². The fourth-order valence-electron chi connectivity index (χ4n) is 7.13. The molecule has 0 saturated carbocycles. The zero-order valence-corrected chi connectivity index (χ0v) is 23.7. The van der Waals surface area contributed by atoms with Crippen LogP contribution in [0.3, 0.4) is 0 Å². The van der Waals surface area contributed by atoms with E-state index in [0.717, 1.165) is 15.7 Å². The Hall–Kier alpha value is -4.69. The Balaban J connectivity index is 1.41. The number of carbonyl (C=O) groups excluding carboxylic acids is 3. The van der Waals surface area contributed by atoms with E-state index in [-0.39, 0.29) is 24.3 Å². The van der Waals surface area contributed by atoms with Crippen LogP contribution in [0, 0.1) is 5.92 Å². The first-order valence-corrected chi connectivity index (χ1v) is 14.5. The quantitative estimate of drug-likeness (QED) is 0.281. The molecule has 1 saturated heterocycles. The minimum absolute atomic E-state index is 0.0769. The number of nitrogens with zero attached hydrogens (tertiary/aromatic N) is 1. The van der Waals surface area contributed by atoms with Gasteiger partial charge in [0.2, 0.25) is 12.7 Å². The predicted octanol–water partition coefficient (Wildman–Crippen LogP) is 6.03. The normalized spacial score (nSPS) is 24.3. The lowest BCUT2D eigenvalue weighted by Crippen LogP contribution is -2.51. The summed E-state index contributed by atoms with van der Waals surface area (Å²) in [6.07, 6.45) is 3.96. The Morgan fingerprint density at radius 1 is 0.857 bits per heavy atom. The Morgan fingerprint density at radius 2 is 1.60 bits per heavy atom. The summed E-state index contributed by atoms with van der Waals surface area (Å²) in [5.41, 5.74) is 2.53. The summed E-state index contributed by atoms with van der Waals surface area (Å²) in [5, 5.41) is 3.06. The highest BCUT2D eigenvalue weighted by molar-refractivity contribution is 9.10. The van der Waals surface area contributed by atoms with Crippen molar-refractivity contribution < 1.29 is 23.9 Å². The van der Waals surface area contributed by atoms with Crippen LogP contribution in [0.5, 0.6) is 11.5 Å². The molecule has 1 fully saturated rings. The minimum atomic E-state index is -1.36. The SMILES string of the molecule is O=C(c1ccc2c(c1)OCO2)[C@@H]1[C@H](C(=O)c2ccc(Br)cc2)[C@]2(C(=O)Nc3ccccc32)[C@H]2C=Cc3ccccc3N12. The molecule has 42 heavy (non-hydrogen) atoms. The van der Waals surface area contributed by atoms with Crippen LogP contribution in [0.2, 0.25) is 0 Å². The smallest absolute Gasteiger partial charge is 0.238 e. The van der Waals surface area contributed by atoms with Crippen molar-refractivity contribution in [2.75, 3.05) is 17.0 Å². The van der Waals surface area contributed by atoms with Gasteiger partial charge in [-0.1, -0.05) is 76.6 Å². The average Bonchev–Trinajstić information content (AvgIpc) is 3.70. The molecule has 1 amide bonds. The van der Waals surface area contributed by atoms with Crippen LogP contribution in [-0.2, 0) is 10.2 Å². The van der Waals surface area contributed by atoms with E-state index in [1.54, 1.807) is 42.5 Å². The van der Waals surface area contributed by atoms with Crippen LogP contribution in [0.15, 0.2) is 102 Å². The Kier molecular flexibility index (Phi) is 5.46. The van der Waals surface area contributed by atoms with Crippen molar-refractivity contribution >= 4 is 50.9 Å². The Labute approximate surface area is 249 Å². The number of fused-ring (bicyclic) bond motifs is 7. The maximum Gasteiger partial charge on any atom is 0.238 e. The molecule has 4 atom stereocenters. The molecule has 8 rings (SSSR count). The minimum Gasteiger partial charge on any atom is -0.454 e. The number of hydrogen-bond acceptors (Lipinski definition) is 6. The highest BCUT2D eigenvalue weighted by Gasteiger charge is 2.70. The van der Waals surface area contributed by atoms with Gasteiger partial charge in [0.05, 0.1) is 12.0 Å². The van der Waals surface area contributed by atoms with Gasteiger partial charge in [0.25, 0.3) is 0 Å². The Morgan fingerprint density at radius 3 is 2.45 bits per heavy atom. The number of nitrogens with one attached hydrogen (secondary N) is 1. The van der Waals surface area contributed by atoms with Gasteiger partial charge in [-0.3, -0.25) is 14.4 Å². The molecule has 0 aliphatic carbocycles. The molecular weight excluding hydrogens is 596 g/mol. The van der Waals surface area contributed by atoms with E-state index < -0.39 is 23.4 Å². The third-order valence-electron chi connectivity index (χ3n) is 8.88. The lowest BCUT2D eigenvalue weighted by Gasteiger charge is -2.37. The van der Waals surface area contributed by atoms with Crippen molar-refractivity contribution in [1.82, 2.24) is 0 Å². The molecule has 4 aliphatic rings. The lowest BCUT2D eigenvalue weighted by atomic mass is 9.64. The van der Waals surface area contributed by atoms with Gasteiger partial charge in [-0.2, -0.15) is 0 Å². The van der Waals surface area contributed by atoms with Crippen LogP contribution >= 0.6 is 15.9 Å². The van der Waals surface area contributed by atoms with Crippen LogP contribution in [0.25, 0.3) is 6.08 Å². The van der Waals surface area contributed by atoms with Crippen molar-refractivity contribution in [2.24, 2.45) is 5.92 Å². The molecule has 0 radical (unpaired) electrons. The van der Waals surface area contributed by atoms with Gasteiger partial charge in [0.15, 0.2) is 23.1 Å². The number of rotatable bonds is 4. The van der Waals surface area contributed by atoms with Crippen molar-refractivity contribution in [3.63, 3.8) is 0 Å². The first kappa shape index (κ1) is 25.1. The second-order valence-electron chi connectivity index (χ2n) is 10.9. The summed E-state index contributed by atoms with van der Waals surface area (Å²) < 4.78 is 11.9. The van der Waals surface area contributed by atoms with E-state index in [2.05, 4.69) is 21.2 Å². The first-order valence-electron chi connectivity index (χ1n) is 13.7. The van der Waals surface area contributed by atoms with Crippen molar-refractivity contribution in [2.45, 2.75) is 17.5 Å². The molecule has 7 nitrogen and oxygen atoms in total. The molecular formula is C34H23BrN2O5. The number of ether oxygens (including phenoxy) is 2. The summed E-state index contributed by atoms with van der Waals surface area (Å²) in [5.74, 6) is -0.837. The topological polar surface area (TPSA) is 84.9 Å². The van der Waals surface area contributed by atoms with Gasteiger partial charge in [-0.25, -0.2) is 0 Å². The predicted molar refractivity (Wildman–Crippen MR) is 161 cm³/mol. The van der Waals surface area contributed by atoms with Crippen molar-refractivity contribution in [3.8, 4) is 11.5 Å². The first-order chi connectivity index (χ1) is 20.5. The number of carbonyl (C=O) groups is 3. The van der Waals surface area contributed by atoms with E-state index in [9.17, 15) is 14.4 Å². The highest BCUT2D eigenvalue weighted by Crippen LogP contribution is 2.58. The van der Waals surface area contributed by atoms with Gasteiger partial charge in [0.1, 0.15) is 11.5 Å². The van der Waals surface area contributed by atoms with Crippen LogP contribution in [0.1, 0.15) is 31.8 Å². The summed E-state index contributed by atoms with van der Waals surface area (Å²) in [7, 11) is 0. The number of hydrogen-bond donors (Lipinski definition) is 1. The second kappa shape index (κ2) is 9.16. The van der Waals surface area contributed by atoms with Crippen molar-refractivity contribution in [3.05, 3.63) is 124 Å². The Bertz CT molecular complexity index is 1850. The largest absolute Gasteiger partial charge is 0.454 e. The zero-order chi connectivity index (χ0) is 28.6. The molecule has 0 unspecified atom stereocenters. The molecule has 4 heterocycles. The van der Waals surface area contributed by atoms with Crippen LogP contribution in [0.4, 0.5) is 11.4 Å². The van der Waals surface area contributed by atoms with E-state index in [4.69, 9.17) is 9.47 Å². The zero-order valence-electron chi connectivity index (χ0n) is 22.1. The van der Waals surface area contributed by atoms with Crippen molar-refractivity contribution in [1.29, 1.82) is 0 Å². The van der Waals surface area contributed by atoms with Gasteiger partial charge in [-0.05, 0) is 53.6 Å². The third kappa shape index (κ3) is 3.35. The summed E-state index contributed by atoms with van der Waals surface area (Å²) in [4.78, 5) is 46.0. The molecule has 0 bridgehead atoms. The van der Waals surface area contributed by atoms with Crippen LogP contribution in [-0.4, -0.2) is 36.4 Å². The standard InChI is InChI=1S/C34H23BrN2O5/c35-22-13-9-20(10-14-22)31(38)29-30(32(39)21-11-15-26-27(17-21)42-18-41-26)37-25-8-4-1-5-19(25)12-16-28(37)34(29)23-6-2-3-7-24(23)36-33(34)40/h1-17,28-30H,18H2,(H,36,40)/t28-,29-,30+,34-/m1/s1. The van der Waals surface area contributed by atoms with E-state index in [1.807, 2.05) is 65.6 Å². The van der Waals surface area contributed by atoms with Gasteiger partial charge in [0, 0.05) is 27.0 Å². The molecule has 4 aromatic rings. The number of amides is 1. The van der Waals surface area contributed by atoms with Gasteiger partial charge >= 0.3 is 0 Å². The molecule has 1 N–H and O–H groups in total. The summed E-state index contributed by atoms with van der Waals surface area (Å²) in [6.45, 7) is 0.0769. The number of ketones is 2. The third-order valence-corrected chi connectivity index (χ3v) is 9.41. The highest BCUT2D eigenvalue weighted by atomic mass is 79.9. The summed E-state index contributed by atoms with van der Waals surface area (Å²) in [6, 6.07) is 25.8. The maximum atomic E-state index is 14.8. The van der Waals surface area contributed by atoms with Crippen LogP contribution < -0.4 is 19.7 Å². The second-order valence-corrected chi connectivity index (χ2v) is 11.8. The number of Topliss-reactive ketones (excluding diaryl/α,β-unsaturated/α-hetero) is 2. The molecule has 4 aliphatic heterocycles. The molecule has 4 aromatic carbocycles. The molecule has 0 aromatic heterocycles. The number of benzene rings is 4. The fraction of sp³-hybridized carbons (Fsp3) is 0.147.